The van der Waals surface area contributed by atoms with Crippen molar-refractivity contribution in [1.82, 2.24) is 14.3 Å². The van der Waals surface area contributed by atoms with Crippen LogP contribution in [0.4, 0.5) is 0 Å². The van der Waals surface area contributed by atoms with Gasteiger partial charge in [-0.25, -0.2) is 4.98 Å². The molecule has 1 N–H and O–H groups in total. The summed E-state index contributed by atoms with van der Waals surface area (Å²) >= 11 is 0. The van der Waals surface area contributed by atoms with E-state index in [1.54, 1.807) is 0 Å². The summed E-state index contributed by atoms with van der Waals surface area (Å²) in [6, 6.07) is 5.97. The predicted octanol–water partition coefficient (Wildman–Crippen LogP) is 0.511. The molecule has 1 aliphatic heterocycles. The van der Waals surface area contributed by atoms with Crippen LogP contribution in [0.5, 0.6) is 0 Å². The number of fused-ring (bicyclic) bond motifs is 1. The second-order valence-corrected chi connectivity index (χ2v) is 4.05. The molecule has 78 valence electrons. The number of rotatable bonds is 2. The second kappa shape index (κ2) is 3.32. The summed E-state index contributed by atoms with van der Waals surface area (Å²) in [4.78, 5) is 6.69. The van der Waals surface area contributed by atoms with Crippen molar-refractivity contribution in [3.63, 3.8) is 0 Å². The van der Waals surface area contributed by atoms with Crippen molar-refractivity contribution < 1.29 is 5.11 Å². The number of pyridine rings is 1. The molecule has 15 heavy (non-hydrogen) atoms. The van der Waals surface area contributed by atoms with E-state index in [0.29, 0.717) is 0 Å². The average Bonchev–Trinajstić information content (AvgIpc) is 2.57. The lowest BCUT2D eigenvalue weighted by Gasteiger charge is -2.35. The van der Waals surface area contributed by atoms with Crippen molar-refractivity contribution in [2.75, 3.05) is 13.1 Å². The topological polar surface area (TPSA) is 40.8 Å². The summed E-state index contributed by atoms with van der Waals surface area (Å²) in [6.45, 7) is 2.38. The van der Waals surface area contributed by atoms with Crippen molar-refractivity contribution in [1.29, 1.82) is 0 Å². The maximum Gasteiger partial charge on any atom is 0.137 e. The van der Waals surface area contributed by atoms with E-state index in [0.717, 1.165) is 31.0 Å². The summed E-state index contributed by atoms with van der Waals surface area (Å²) in [5.41, 5.74) is 2.04. The van der Waals surface area contributed by atoms with E-state index < -0.39 is 0 Å². The van der Waals surface area contributed by atoms with Gasteiger partial charge in [0.1, 0.15) is 5.65 Å². The van der Waals surface area contributed by atoms with Crippen molar-refractivity contribution in [2.45, 2.75) is 12.6 Å². The Morgan fingerprint density at radius 1 is 1.40 bits per heavy atom. The molecule has 0 aromatic carbocycles. The molecule has 0 saturated carbocycles. The number of β-amino-alcohol motifs (C(OH)–C–C–N with tert-alkyl or cyclic N) is 1. The minimum atomic E-state index is -0.137. The van der Waals surface area contributed by atoms with Gasteiger partial charge >= 0.3 is 0 Å². The zero-order valence-electron chi connectivity index (χ0n) is 8.37. The first kappa shape index (κ1) is 8.88. The predicted molar refractivity (Wildman–Crippen MR) is 56.5 cm³/mol. The normalized spacial score (nSPS) is 18.2. The van der Waals surface area contributed by atoms with Crippen molar-refractivity contribution in [3.8, 4) is 0 Å². The third-order valence-corrected chi connectivity index (χ3v) is 2.74. The molecule has 4 nitrogen and oxygen atoms in total. The highest BCUT2D eigenvalue weighted by Gasteiger charge is 2.24. The summed E-state index contributed by atoms with van der Waals surface area (Å²) in [5.74, 6) is 0. The van der Waals surface area contributed by atoms with E-state index in [-0.39, 0.29) is 6.10 Å². The number of nitrogens with zero attached hydrogens (tertiary/aromatic N) is 3. The fourth-order valence-electron chi connectivity index (χ4n) is 1.96. The van der Waals surface area contributed by atoms with Gasteiger partial charge in [0.25, 0.3) is 0 Å². The van der Waals surface area contributed by atoms with Crippen LogP contribution in [-0.4, -0.2) is 38.6 Å². The van der Waals surface area contributed by atoms with Gasteiger partial charge in [0.05, 0.1) is 11.8 Å². The maximum absolute atomic E-state index is 9.17. The molecule has 0 atom stereocenters. The third kappa shape index (κ3) is 1.62. The SMILES string of the molecule is OC1CN(Cc2cn3ccccc3n2)C1. The Morgan fingerprint density at radius 3 is 3.00 bits per heavy atom. The molecule has 0 unspecified atom stereocenters. The largest absolute Gasteiger partial charge is 0.390 e. The van der Waals surface area contributed by atoms with Crippen LogP contribution in [-0.2, 0) is 6.54 Å². The molecule has 0 spiro atoms. The first-order chi connectivity index (χ1) is 7.31. The number of hydrogen-bond acceptors (Lipinski definition) is 3. The Hall–Kier alpha value is -1.39. The van der Waals surface area contributed by atoms with Gasteiger partial charge in [-0.05, 0) is 12.1 Å². The number of aliphatic hydroxyl groups is 1. The minimum absolute atomic E-state index is 0.137. The molecule has 2 aromatic rings. The van der Waals surface area contributed by atoms with E-state index in [4.69, 9.17) is 5.11 Å². The van der Waals surface area contributed by atoms with Crippen LogP contribution in [0.1, 0.15) is 5.69 Å². The summed E-state index contributed by atoms with van der Waals surface area (Å²) in [5, 5.41) is 9.17. The number of imidazole rings is 1. The minimum Gasteiger partial charge on any atom is -0.390 e. The van der Waals surface area contributed by atoms with Crippen LogP contribution in [0, 0.1) is 0 Å². The molecular formula is C11H13N3O. The summed E-state index contributed by atoms with van der Waals surface area (Å²) in [6.07, 6.45) is 3.90. The molecule has 2 aromatic heterocycles. The standard InChI is InChI=1S/C11H13N3O/c15-10-7-13(8-10)5-9-6-14-4-2-1-3-11(14)12-9/h1-4,6,10,15H,5,7-8H2. The number of aliphatic hydroxyl groups excluding tert-OH is 1. The molecule has 0 amide bonds. The highest BCUT2D eigenvalue weighted by molar-refractivity contribution is 5.39. The van der Waals surface area contributed by atoms with Gasteiger partial charge in [-0.15, -0.1) is 0 Å². The van der Waals surface area contributed by atoms with Crippen LogP contribution in [0.15, 0.2) is 30.6 Å². The molecule has 0 aliphatic carbocycles. The van der Waals surface area contributed by atoms with Gasteiger partial charge < -0.3 is 9.51 Å². The van der Waals surface area contributed by atoms with Gasteiger partial charge in [0, 0.05) is 32.0 Å². The van der Waals surface area contributed by atoms with E-state index >= 15 is 0 Å². The highest BCUT2D eigenvalue weighted by atomic mass is 16.3. The van der Waals surface area contributed by atoms with E-state index in [1.165, 1.54) is 0 Å². The lowest BCUT2D eigenvalue weighted by atomic mass is 10.1. The number of likely N-dealkylation sites (tertiary alicyclic amines) is 1. The van der Waals surface area contributed by atoms with E-state index in [1.807, 2.05) is 35.0 Å². The molecule has 1 fully saturated rings. The number of aromatic nitrogens is 2. The Labute approximate surface area is 87.8 Å². The summed E-state index contributed by atoms with van der Waals surface area (Å²) < 4.78 is 2.02. The van der Waals surface area contributed by atoms with Gasteiger partial charge in [0.2, 0.25) is 0 Å². The van der Waals surface area contributed by atoms with Crippen LogP contribution in [0.2, 0.25) is 0 Å². The zero-order valence-corrected chi connectivity index (χ0v) is 8.37. The van der Waals surface area contributed by atoms with Crippen molar-refractivity contribution in [3.05, 3.63) is 36.3 Å². The van der Waals surface area contributed by atoms with Crippen molar-refractivity contribution in [2.24, 2.45) is 0 Å². The Kier molecular flexibility index (Phi) is 1.97. The quantitative estimate of drug-likeness (QED) is 0.773. The third-order valence-electron chi connectivity index (χ3n) is 2.74. The summed E-state index contributed by atoms with van der Waals surface area (Å²) in [7, 11) is 0. The second-order valence-electron chi connectivity index (χ2n) is 4.05. The van der Waals surface area contributed by atoms with E-state index in [2.05, 4.69) is 9.88 Å². The molecule has 3 rings (SSSR count). The molecule has 0 radical (unpaired) electrons. The molecular weight excluding hydrogens is 190 g/mol. The lowest BCUT2D eigenvalue weighted by molar-refractivity contribution is -0.00345. The van der Waals surface area contributed by atoms with Crippen molar-refractivity contribution >= 4 is 5.65 Å². The zero-order chi connectivity index (χ0) is 10.3. The fraction of sp³-hybridized carbons (Fsp3) is 0.364. The Balaban J connectivity index is 1.80. The molecule has 4 heteroatoms. The smallest absolute Gasteiger partial charge is 0.137 e. The molecule has 1 aliphatic rings. The van der Waals surface area contributed by atoms with E-state index in [9.17, 15) is 0 Å². The van der Waals surface area contributed by atoms with Gasteiger partial charge in [0.15, 0.2) is 0 Å². The molecule has 1 saturated heterocycles. The van der Waals surface area contributed by atoms with Crippen LogP contribution in [0.25, 0.3) is 5.65 Å². The van der Waals surface area contributed by atoms with Gasteiger partial charge in [-0.2, -0.15) is 0 Å². The molecule has 0 bridgehead atoms. The monoisotopic (exact) mass is 203 g/mol. The Morgan fingerprint density at radius 2 is 2.27 bits per heavy atom. The van der Waals surface area contributed by atoms with Crippen LogP contribution >= 0.6 is 0 Å². The highest BCUT2D eigenvalue weighted by Crippen LogP contribution is 2.13. The van der Waals surface area contributed by atoms with Crippen LogP contribution < -0.4 is 0 Å². The maximum atomic E-state index is 9.17. The average molecular weight is 203 g/mol. The molecule has 3 heterocycles. The first-order valence-corrected chi connectivity index (χ1v) is 5.14. The fourth-order valence-corrected chi connectivity index (χ4v) is 1.96. The van der Waals surface area contributed by atoms with Crippen LogP contribution in [0.3, 0.4) is 0 Å². The van der Waals surface area contributed by atoms with Gasteiger partial charge in [-0.1, -0.05) is 6.07 Å². The Bertz CT molecular complexity index is 440. The lowest BCUT2D eigenvalue weighted by Crippen LogP contribution is -2.49. The first-order valence-electron chi connectivity index (χ1n) is 5.14. The number of hydrogen-bond donors (Lipinski definition) is 1. The van der Waals surface area contributed by atoms with Gasteiger partial charge in [-0.3, -0.25) is 4.90 Å².